The second-order valence-corrected chi connectivity index (χ2v) is 10.4. The summed E-state index contributed by atoms with van der Waals surface area (Å²) in [6.07, 6.45) is -4.49. The van der Waals surface area contributed by atoms with E-state index in [0.717, 1.165) is 36.5 Å². The molecule has 1 aliphatic heterocycles. The Morgan fingerprint density at radius 1 is 1.20 bits per heavy atom. The lowest BCUT2D eigenvalue weighted by atomic mass is 9.78. The summed E-state index contributed by atoms with van der Waals surface area (Å²) >= 11 is 0. The molecule has 0 bridgehead atoms. The molecule has 2 amide bonds. The normalized spacial score (nSPS) is 17.6. The second-order valence-electron chi connectivity index (χ2n) is 10.4. The van der Waals surface area contributed by atoms with Gasteiger partial charge in [-0.1, -0.05) is 6.92 Å². The maximum Gasteiger partial charge on any atom is 0.424 e. The van der Waals surface area contributed by atoms with Gasteiger partial charge >= 0.3 is 12.7 Å². The van der Waals surface area contributed by atoms with E-state index in [-0.39, 0.29) is 57.8 Å². The van der Waals surface area contributed by atoms with E-state index in [9.17, 15) is 41.0 Å². The average molecular weight is 638 g/mol. The van der Waals surface area contributed by atoms with Crippen LogP contribution < -0.4 is 20.5 Å². The Morgan fingerprint density at radius 2 is 1.89 bits per heavy atom. The minimum Gasteiger partial charge on any atom is -0.494 e. The number of aromatic nitrogens is 3. The predicted molar refractivity (Wildman–Crippen MR) is 146 cm³/mol. The van der Waals surface area contributed by atoms with Gasteiger partial charge in [-0.05, 0) is 48.9 Å². The number of benzene rings is 2. The Labute approximate surface area is 250 Å². The maximum absolute atomic E-state index is 14.7. The minimum absolute atomic E-state index is 0.0205. The Hall–Kier alpha value is -4.86. The van der Waals surface area contributed by atoms with Gasteiger partial charge in [0, 0.05) is 28.3 Å². The van der Waals surface area contributed by atoms with Crippen molar-refractivity contribution in [3.8, 4) is 22.8 Å². The van der Waals surface area contributed by atoms with E-state index in [1.807, 2.05) is 5.32 Å². The molecule has 2 aromatic heterocycles. The lowest BCUT2D eigenvalue weighted by molar-refractivity contribution is -0.265. The molecule has 2 atom stereocenters. The first-order valence-corrected chi connectivity index (χ1v) is 13.3. The molecular formula is C29H25F6N5O5. The maximum atomic E-state index is 14.7. The smallest absolute Gasteiger partial charge is 0.424 e. The third-order valence-corrected chi connectivity index (χ3v) is 7.82. The number of methoxy groups -OCH3 is 1. The Bertz CT molecular complexity index is 1800. The molecule has 0 aliphatic carbocycles. The number of hydrogen-bond acceptors (Lipinski definition) is 7. The van der Waals surface area contributed by atoms with E-state index in [1.165, 1.54) is 19.2 Å². The number of fused-ring (bicyclic) bond motifs is 2. The van der Waals surface area contributed by atoms with Crippen LogP contribution in [0.3, 0.4) is 0 Å². The first-order valence-electron chi connectivity index (χ1n) is 13.3. The summed E-state index contributed by atoms with van der Waals surface area (Å²) in [5.41, 5.74) is -1.21. The number of ether oxygens (including phenoxy) is 2. The molecule has 10 nitrogen and oxygen atoms in total. The number of nitrogens with two attached hydrogens (primary N) is 1. The number of rotatable bonds is 9. The summed E-state index contributed by atoms with van der Waals surface area (Å²) in [6.45, 7) is -3.21. The fraction of sp³-hybridized carbons (Fsp3) is 0.310. The predicted octanol–water partition coefficient (Wildman–Crippen LogP) is 4.35. The zero-order chi connectivity index (χ0) is 32.9. The fourth-order valence-corrected chi connectivity index (χ4v) is 5.15. The molecule has 0 unspecified atom stereocenters. The first-order chi connectivity index (χ1) is 21.1. The van der Waals surface area contributed by atoms with Crippen LogP contribution in [0.1, 0.15) is 41.5 Å². The van der Waals surface area contributed by atoms with Crippen molar-refractivity contribution in [3.05, 3.63) is 71.3 Å². The van der Waals surface area contributed by atoms with E-state index in [2.05, 4.69) is 10.1 Å². The molecule has 0 saturated heterocycles. The van der Waals surface area contributed by atoms with Crippen molar-refractivity contribution < 1.29 is 50.5 Å². The van der Waals surface area contributed by atoms with Crippen LogP contribution in [0.15, 0.2) is 48.7 Å². The van der Waals surface area contributed by atoms with Gasteiger partial charge in [0.1, 0.15) is 40.5 Å². The molecule has 0 fully saturated rings. The fourth-order valence-electron chi connectivity index (χ4n) is 5.15. The topological polar surface area (TPSA) is 142 Å². The number of halogens is 6. The number of pyridine rings is 1. The number of carbonyl (C=O) groups excluding carboxylic acids is 2. The highest BCUT2D eigenvalue weighted by Crippen LogP contribution is 2.49. The summed E-state index contributed by atoms with van der Waals surface area (Å²) in [4.78, 5) is 29.7. The Kier molecular flexibility index (Phi) is 7.89. The lowest BCUT2D eigenvalue weighted by Crippen LogP contribution is -2.52. The van der Waals surface area contributed by atoms with Gasteiger partial charge in [0.25, 0.3) is 5.91 Å². The number of primary amides is 1. The van der Waals surface area contributed by atoms with Gasteiger partial charge in [0.05, 0.1) is 19.3 Å². The molecule has 3 heterocycles. The molecule has 238 valence electrons. The molecule has 2 aromatic carbocycles. The van der Waals surface area contributed by atoms with Gasteiger partial charge in [-0.25, -0.2) is 14.1 Å². The van der Waals surface area contributed by atoms with E-state index in [4.69, 9.17) is 15.2 Å². The zero-order valence-corrected chi connectivity index (χ0v) is 23.6. The van der Waals surface area contributed by atoms with Crippen molar-refractivity contribution in [1.29, 1.82) is 0 Å². The van der Waals surface area contributed by atoms with Crippen molar-refractivity contribution in [1.82, 2.24) is 20.1 Å². The van der Waals surface area contributed by atoms with Crippen LogP contribution in [-0.2, 0) is 15.8 Å². The second kappa shape index (κ2) is 11.3. The third kappa shape index (κ3) is 5.28. The quantitative estimate of drug-likeness (QED) is 0.232. The number of amides is 2. The lowest BCUT2D eigenvalue weighted by Gasteiger charge is -2.32. The highest BCUT2D eigenvalue weighted by Gasteiger charge is 2.58. The number of nitrogens with one attached hydrogen (secondary N) is 1. The van der Waals surface area contributed by atoms with Crippen LogP contribution in [-0.4, -0.2) is 58.1 Å². The molecule has 4 aromatic rings. The highest BCUT2D eigenvalue weighted by molar-refractivity contribution is 6.00. The Morgan fingerprint density at radius 3 is 2.47 bits per heavy atom. The average Bonchev–Trinajstić information content (AvgIpc) is 3.61. The van der Waals surface area contributed by atoms with E-state index in [0.29, 0.717) is 4.68 Å². The van der Waals surface area contributed by atoms with Crippen LogP contribution >= 0.6 is 0 Å². The summed E-state index contributed by atoms with van der Waals surface area (Å²) in [7, 11) is 1.19. The van der Waals surface area contributed by atoms with Crippen LogP contribution in [0, 0.1) is 5.82 Å². The van der Waals surface area contributed by atoms with Crippen LogP contribution in [0.5, 0.6) is 11.5 Å². The molecule has 0 spiro atoms. The standard InChI is InChI=1S/C29H25F6N5O5/c1-3-27(25(36)42)13-45-23-18(27)10-20(38-22(23)14-4-6-17(30)7-5-14)28(43,29(33,34)35)12-37-24(41)15-8-16-11-40(26(31)32)39-21(16)19(9-15)44-2/h4-11,26,43H,3,12-13H2,1-2H3,(H2,36,42)(H,37,41)/t27-,28-/m0/s1. The summed E-state index contributed by atoms with van der Waals surface area (Å²) in [6, 6.07) is 7.61. The molecule has 45 heavy (non-hydrogen) atoms. The number of hydrogen-bond donors (Lipinski definition) is 3. The SMILES string of the molecule is CC[C@]1(C(N)=O)COc2c1cc([C@@](O)(CNC(=O)c1cc(OC)c3nn(C(F)F)cc3c1)C(F)(F)F)nc2-c1ccc(F)cc1. The molecule has 0 saturated carbocycles. The number of alkyl halides is 5. The highest BCUT2D eigenvalue weighted by atomic mass is 19.4. The van der Waals surface area contributed by atoms with Crippen molar-refractivity contribution in [2.24, 2.45) is 5.73 Å². The van der Waals surface area contributed by atoms with Gasteiger partial charge in [-0.3, -0.25) is 9.59 Å². The number of aliphatic hydroxyl groups is 1. The van der Waals surface area contributed by atoms with Crippen molar-refractivity contribution in [2.75, 3.05) is 20.3 Å². The van der Waals surface area contributed by atoms with Crippen LogP contribution in [0.4, 0.5) is 26.3 Å². The van der Waals surface area contributed by atoms with E-state index in [1.54, 1.807) is 6.92 Å². The van der Waals surface area contributed by atoms with Gasteiger partial charge < -0.3 is 25.6 Å². The van der Waals surface area contributed by atoms with E-state index >= 15 is 0 Å². The third-order valence-electron chi connectivity index (χ3n) is 7.82. The van der Waals surface area contributed by atoms with Crippen molar-refractivity contribution in [3.63, 3.8) is 0 Å². The monoisotopic (exact) mass is 637 g/mol. The molecular weight excluding hydrogens is 612 g/mol. The van der Waals surface area contributed by atoms with Gasteiger partial charge in [-0.2, -0.15) is 27.1 Å². The molecule has 1 aliphatic rings. The first kappa shape index (κ1) is 31.6. The summed E-state index contributed by atoms with van der Waals surface area (Å²) < 4.78 is 95.3. The van der Waals surface area contributed by atoms with E-state index < -0.39 is 53.6 Å². The number of nitrogens with zero attached hydrogens (tertiary/aromatic N) is 3. The summed E-state index contributed by atoms with van der Waals surface area (Å²) in [5, 5.41) is 17.0. The minimum atomic E-state index is -5.44. The zero-order valence-electron chi connectivity index (χ0n) is 23.6. The molecule has 5 rings (SSSR count). The van der Waals surface area contributed by atoms with Crippen molar-refractivity contribution >= 4 is 22.7 Å². The Balaban J connectivity index is 1.59. The van der Waals surface area contributed by atoms with Crippen LogP contribution in [0.25, 0.3) is 22.2 Å². The largest absolute Gasteiger partial charge is 0.494 e. The van der Waals surface area contributed by atoms with Crippen molar-refractivity contribution in [2.45, 2.75) is 37.1 Å². The van der Waals surface area contributed by atoms with Crippen LogP contribution in [0.2, 0.25) is 0 Å². The van der Waals surface area contributed by atoms with Gasteiger partial charge in [0.2, 0.25) is 11.5 Å². The molecule has 0 radical (unpaired) electrons. The molecule has 4 N–H and O–H groups in total. The van der Waals surface area contributed by atoms with Gasteiger partial charge in [0.15, 0.2) is 0 Å². The molecule has 16 heteroatoms. The summed E-state index contributed by atoms with van der Waals surface area (Å²) in [5.74, 6) is -2.82. The van der Waals surface area contributed by atoms with Gasteiger partial charge in [-0.15, -0.1) is 0 Å². The number of carbonyl (C=O) groups is 2.